The fourth-order valence-electron chi connectivity index (χ4n) is 2.11. The van der Waals surface area contributed by atoms with E-state index in [2.05, 4.69) is 20.8 Å². The highest BCUT2D eigenvalue weighted by molar-refractivity contribution is 5.77. The van der Waals surface area contributed by atoms with E-state index in [1.54, 1.807) is 12.1 Å². The molecule has 1 heterocycles. The molecule has 0 saturated heterocycles. The van der Waals surface area contributed by atoms with E-state index in [0.717, 1.165) is 11.3 Å². The normalized spacial score (nSPS) is 11.7. The molecular weight excluding hydrogens is 314 g/mol. The average molecular weight is 333 g/mol. The zero-order valence-electron chi connectivity index (χ0n) is 13.3. The van der Waals surface area contributed by atoms with Gasteiger partial charge >= 0.3 is 5.97 Å². The van der Waals surface area contributed by atoms with Crippen molar-refractivity contribution in [3.05, 3.63) is 36.2 Å². The van der Waals surface area contributed by atoms with Gasteiger partial charge in [0.2, 0.25) is 5.91 Å². The number of carbonyl (C=O) groups is 2. The lowest BCUT2D eigenvalue weighted by atomic mass is 9.99. The number of nitrogens with zero attached hydrogens (tertiary/aromatic N) is 4. The number of aliphatic carboxylic acids is 1. The summed E-state index contributed by atoms with van der Waals surface area (Å²) in [5.41, 5.74) is 0.862. The SMILES string of the molecule is CCOc1ccc(CC(CNC(=O)Cn2cnnn2)C(=O)O)cc1. The first kappa shape index (κ1) is 17.4. The first-order valence-electron chi connectivity index (χ1n) is 7.50. The Balaban J connectivity index is 1.87. The van der Waals surface area contributed by atoms with Crippen molar-refractivity contribution in [2.24, 2.45) is 5.92 Å². The van der Waals surface area contributed by atoms with Crippen molar-refractivity contribution in [2.45, 2.75) is 19.9 Å². The minimum Gasteiger partial charge on any atom is -0.494 e. The summed E-state index contributed by atoms with van der Waals surface area (Å²) in [6.45, 7) is 2.45. The van der Waals surface area contributed by atoms with Crippen molar-refractivity contribution in [1.29, 1.82) is 0 Å². The first-order valence-corrected chi connectivity index (χ1v) is 7.50. The van der Waals surface area contributed by atoms with Crippen LogP contribution in [0.5, 0.6) is 5.75 Å². The lowest BCUT2D eigenvalue weighted by Gasteiger charge is -2.14. The van der Waals surface area contributed by atoms with Crippen LogP contribution in [0.2, 0.25) is 0 Å². The predicted octanol–water partition coefficient (Wildman–Crippen LogP) is 0.132. The number of ether oxygens (including phenoxy) is 1. The van der Waals surface area contributed by atoms with Gasteiger partial charge in [-0.25, -0.2) is 4.68 Å². The maximum Gasteiger partial charge on any atom is 0.308 e. The van der Waals surface area contributed by atoms with E-state index < -0.39 is 11.9 Å². The number of benzene rings is 1. The van der Waals surface area contributed by atoms with Crippen LogP contribution in [0.4, 0.5) is 0 Å². The van der Waals surface area contributed by atoms with Gasteiger partial charge in [-0.3, -0.25) is 9.59 Å². The summed E-state index contributed by atoms with van der Waals surface area (Å²) in [4.78, 5) is 23.2. The fraction of sp³-hybridized carbons (Fsp3) is 0.400. The molecule has 2 aromatic rings. The summed E-state index contributed by atoms with van der Waals surface area (Å²) in [6.07, 6.45) is 1.63. The van der Waals surface area contributed by atoms with Gasteiger partial charge in [-0.2, -0.15) is 0 Å². The summed E-state index contributed by atoms with van der Waals surface area (Å²) in [5.74, 6) is -1.30. The van der Waals surface area contributed by atoms with Crippen LogP contribution in [0.3, 0.4) is 0 Å². The zero-order valence-corrected chi connectivity index (χ0v) is 13.3. The van der Waals surface area contributed by atoms with E-state index in [9.17, 15) is 14.7 Å². The van der Waals surface area contributed by atoms with Crippen molar-refractivity contribution >= 4 is 11.9 Å². The summed E-state index contributed by atoms with van der Waals surface area (Å²) in [7, 11) is 0. The molecule has 0 spiro atoms. The van der Waals surface area contributed by atoms with Crippen molar-refractivity contribution in [1.82, 2.24) is 25.5 Å². The monoisotopic (exact) mass is 333 g/mol. The Kier molecular flexibility index (Phi) is 6.23. The standard InChI is InChI=1S/C15H19N5O4/c1-2-24-13-5-3-11(4-6-13)7-12(15(22)23)8-16-14(21)9-20-10-17-18-19-20/h3-6,10,12H,2,7-9H2,1H3,(H,16,21)(H,22,23). The average Bonchev–Trinajstić information content (AvgIpc) is 3.06. The topological polar surface area (TPSA) is 119 Å². The fourth-order valence-corrected chi connectivity index (χ4v) is 2.11. The Hall–Kier alpha value is -2.97. The van der Waals surface area contributed by atoms with Gasteiger partial charge < -0.3 is 15.2 Å². The number of nitrogens with one attached hydrogen (secondary N) is 1. The molecule has 0 saturated carbocycles. The predicted molar refractivity (Wildman–Crippen MR) is 83.3 cm³/mol. The van der Waals surface area contributed by atoms with Crippen LogP contribution in [-0.2, 0) is 22.6 Å². The third-order valence-electron chi connectivity index (χ3n) is 3.31. The van der Waals surface area contributed by atoms with E-state index in [-0.39, 0.29) is 19.0 Å². The van der Waals surface area contributed by atoms with Gasteiger partial charge in [0.25, 0.3) is 0 Å². The molecule has 1 atom stereocenters. The second-order valence-electron chi connectivity index (χ2n) is 5.13. The molecule has 0 aliphatic heterocycles. The van der Waals surface area contributed by atoms with Crippen LogP contribution >= 0.6 is 0 Å². The van der Waals surface area contributed by atoms with Crippen LogP contribution in [0.15, 0.2) is 30.6 Å². The van der Waals surface area contributed by atoms with Gasteiger partial charge in [-0.15, -0.1) is 5.10 Å². The molecule has 2 N–H and O–H groups in total. The number of aromatic nitrogens is 4. The lowest BCUT2D eigenvalue weighted by Crippen LogP contribution is -2.36. The van der Waals surface area contributed by atoms with Crippen molar-refractivity contribution < 1.29 is 19.4 Å². The first-order chi connectivity index (χ1) is 11.6. The Labute approximate surface area is 138 Å². The number of amides is 1. The molecule has 1 amide bonds. The second-order valence-corrected chi connectivity index (χ2v) is 5.13. The van der Waals surface area contributed by atoms with Gasteiger partial charge in [0.15, 0.2) is 0 Å². The quantitative estimate of drug-likeness (QED) is 0.669. The van der Waals surface area contributed by atoms with E-state index in [1.165, 1.54) is 11.0 Å². The highest BCUT2D eigenvalue weighted by atomic mass is 16.5. The van der Waals surface area contributed by atoms with Crippen LogP contribution in [0.25, 0.3) is 0 Å². The number of tetrazole rings is 1. The molecule has 0 bridgehead atoms. The second kappa shape index (κ2) is 8.61. The molecule has 2 rings (SSSR count). The highest BCUT2D eigenvalue weighted by Crippen LogP contribution is 2.15. The lowest BCUT2D eigenvalue weighted by molar-refractivity contribution is -0.141. The molecule has 128 valence electrons. The molecule has 24 heavy (non-hydrogen) atoms. The maximum absolute atomic E-state index is 11.8. The molecule has 9 heteroatoms. The molecule has 1 unspecified atom stereocenters. The molecule has 0 aliphatic rings. The van der Waals surface area contributed by atoms with E-state index in [4.69, 9.17) is 4.74 Å². The molecule has 0 radical (unpaired) electrons. The number of hydrogen-bond acceptors (Lipinski definition) is 6. The maximum atomic E-state index is 11.8. The summed E-state index contributed by atoms with van der Waals surface area (Å²) >= 11 is 0. The van der Waals surface area contributed by atoms with E-state index in [1.807, 2.05) is 19.1 Å². The van der Waals surface area contributed by atoms with Gasteiger partial charge in [-0.1, -0.05) is 12.1 Å². The van der Waals surface area contributed by atoms with Gasteiger partial charge in [0.05, 0.1) is 12.5 Å². The Morgan fingerprint density at radius 2 is 2.08 bits per heavy atom. The number of hydrogen-bond donors (Lipinski definition) is 2. The van der Waals surface area contributed by atoms with Gasteiger partial charge in [0, 0.05) is 6.54 Å². The number of rotatable bonds is 9. The zero-order chi connectivity index (χ0) is 17.4. The van der Waals surface area contributed by atoms with Crippen LogP contribution in [0.1, 0.15) is 12.5 Å². The van der Waals surface area contributed by atoms with E-state index >= 15 is 0 Å². The van der Waals surface area contributed by atoms with E-state index in [0.29, 0.717) is 13.0 Å². The summed E-state index contributed by atoms with van der Waals surface area (Å²) < 4.78 is 6.61. The molecule has 0 fully saturated rings. The summed E-state index contributed by atoms with van der Waals surface area (Å²) in [6, 6.07) is 7.25. The Morgan fingerprint density at radius 1 is 1.33 bits per heavy atom. The molecule has 1 aromatic carbocycles. The van der Waals surface area contributed by atoms with Gasteiger partial charge in [-0.05, 0) is 41.5 Å². The number of carbonyl (C=O) groups excluding carboxylic acids is 1. The molecule has 9 nitrogen and oxygen atoms in total. The molecule has 1 aromatic heterocycles. The van der Waals surface area contributed by atoms with Crippen molar-refractivity contribution in [3.63, 3.8) is 0 Å². The van der Waals surface area contributed by atoms with Crippen LogP contribution < -0.4 is 10.1 Å². The van der Waals surface area contributed by atoms with Crippen molar-refractivity contribution in [2.75, 3.05) is 13.2 Å². The molecular formula is C15H19N5O4. The van der Waals surface area contributed by atoms with Gasteiger partial charge in [0.1, 0.15) is 18.6 Å². The number of carboxylic acid groups (broad SMARTS) is 1. The highest BCUT2D eigenvalue weighted by Gasteiger charge is 2.19. The third-order valence-corrected chi connectivity index (χ3v) is 3.31. The smallest absolute Gasteiger partial charge is 0.308 e. The summed E-state index contributed by atoms with van der Waals surface area (Å²) in [5, 5.41) is 22.3. The number of carboxylic acids is 1. The Bertz CT molecular complexity index is 657. The largest absolute Gasteiger partial charge is 0.494 e. The Morgan fingerprint density at radius 3 is 2.67 bits per heavy atom. The third kappa shape index (κ3) is 5.34. The minimum atomic E-state index is -0.966. The van der Waals surface area contributed by atoms with Crippen LogP contribution in [0, 0.1) is 5.92 Å². The molecule has 0 aliphatic carbocycles. The van der Waals surface area contributed by atoms with Crippen molar-refractivity contribution in [3.8, 4) is 5.75 Å². The minimum absolute atomic E-state index is 0.0313. The van der Waals surface area contributed by atoms with Crippen LogP contribution in [-0.4, -0.2) is 50.3 Å².